The molecule has 1 aliphatic rings. The maximum absolute atomic E-state index is 14.3. The predicted octanol–water partition coefficient (Wildman–Crippen LogP) is 6.76. The molecule has 0 bridgehead atoms. The molecule has 0 aliphatic heterocycles. The molecule has 1 N–H and O–H groups in total. The van der Waals surface area contributed by atoms with E-state index in [-0.39, 0.29) is 29.1 Å². The molecule has 1 aliphatic carbocycles. The van der Waals surface area contributed by atoms with Crippen LogP contribution < -0.4 is 14.4 Å². The third-order valence-electron chi connectivity index (χ3n) is 7.83. The first-order chi connectivity index (χ1) is 21.0. The third kappa shape index (κ3) is 8.06. The lowest BCUT2D eigenvalue weighted by Gasteiger charge is -2.34. The van der Waals surface area contributed by atoms with Crippen LogP contribution in [0.25, 0.3) is 0 Å². The van der Waals surface area contributed by atoms with Gasteiger partial charge >= 0.3 is 0 Å². The number of nitrogens with one attached hydrogen (secondary N) is 1. The zero-order valence-corrected chi connectivity index (χ0v) is 27.6. The largest absolute Gasteiger partial charge is 0.492 e. The third-order valence-corrected chi connectivity index (χ3v) is 10.3. The van der Waals surface area contributed by atoms with Crippen molar-refractivity contribution in [1.29, 1.82) is 0 Å². The Kier molecular flexibility index (Phi) is 11.6. The lowest BCUT2D eigenvalue weighted by atomic mass is 9.95. The number of para-hydroxylation sites is 2. The van der Waals surface area contributed by atoms with Gasteiger partial charge in [-0.2, -0.15) is 0 Å². The molecule has 0 aromatic heterocycles. The molecular weight excluding hydrogens is 621 g/mol. The lowest BCUT2D eigenvalue weighted by molar-refractivity contribution is -0.139. The minimum Gasteiger partial charge on any atom is -0.492 e. The maximum Gasteiger partial charge on any atom is 0.264 e. The number of benzene rings is 3. The average Bonchev–Trinajstić information content (AvgIpc) is 3.00. The summed E-state index contributed by atoms with van der Waals surface area (Å²) in [5.41, 5.74) is 1.56. The molecular formula is C33H39Cl2N3O5S. The summed E-state index contributed by atoms with van der Waals surface area (Å²) in [5, 5.41) is 3.76. The van der Waals surface area contributed by atoms with Crippen LogP contribution in [0.4, 0.5) is 5.69 Å². The number of anilines is 1. The fourth-order valence-electron chi connectivity index (χ4n) is 5.30. The second-order valence-corrected chi connectivity index (χ2v) is 13.6. The second-order valence-electron chi connectivity index (χ2n) is 11.0. The number of sulfonamides is 1. The number of carbonyl (C=O) groups excluding carboxylic acids is 2. The van der Waals surface area contributed by atoms with E-state index in [1.807, 2.05) is 6.92 Å². The summed E-state index contributed by atoms with van der Waals surface area (Å²) in [4.78, 5) is 29.2. The van der Waals surface area contributed by atoms with Crippen LogP contribution in [0.5, 0.6) is 5.75 Å². The first-order valence-electron chi connectivity index (χ1n) is 14.9. The van der Waals surface area contributed by atoms with Gasteiger partial charge in [-0.25, -0.2) is 8.42 Å². The maximum atomic E-state index is 14.3. The number of amides is 2. The standard InChI is InChI=1S/C33H39Cl2N3O5S/c1-4-43-31-16-9-8-15-30(31)38(44(41,42)26-19-17-23(2)18-20-26)22-32(39)37(21-27-28(34)13-10-14-29(27)35)24(3)33(40)36-25-11-6-5-7-12-25/h8-10,13-20,24-25H,4-7,11-12,21-22H2,1-3H3,(H,36,40)/t24-/m0/s1. The molecule has 1 saturated carbocycles. The normalized spacial score (nSPS) is 14.5. The van der Waals surface area contributed by atoms with Gasteiger partial charge in [-0.05, 0) is 70.0 Å². The van der Waals surface area contributed by atoms with Gasteiger partial charge in [0.15, 0.2) is 0 Å². The van der Waals surface area contributed by atoms with Crippen LogP contribution in [0, 0.1) is 6.92 Å². The van der Waals surface area contributed by atoms with Gasteiger partial charge in [-0.1, -0.05) is 78.4 Å². The van der Waals surface area contributed by atoms with Crippen molar-refractivity contribution in [3.63, 3.8) is 0 Å². The van der Waals surface area contributed by atoms with Crippen LogP contribution in [-0.4, -0.2) is 50.4 Å². The summed E-state index contributed by atoms with van der Waals surface area (Å²) < 4.78 is 35.2. The Morgan fingerprint density at radius 1 is 0.955 bits per heavy atom. The SMILES string of the molecule is CCOc1ccccc1N(CC(=O)N(Cc1c(Cl)cccc1Cl)[C@@H](C)C(=O)NC1CCCCC1)S(=O)(=O)c1ccc(C)cc1. The van der Waals surface area contributed by atoms with E-state index in [0.717, 1.165) is 42.0 Å². The van der Waals surface area contributed by atoms with Crippen molar-refractivity contribution in [2.45, 2.75) is 76.4 Å². The predicted molar refractivity (Wildman–Crippen MR) is 175 cm³/mol. The molecule has 0 heterocycles. The number of ether oxygens (including phenoxy) is 1. The smallest absolute Gasteiger partial charge is 0.264 e. The number of aryl methyl sites for hydroxylation is 1. The number of nitrogens with zero attached hydrogens (tertiary/aromatic N) is 2. The molecule has 1 fully saturated rings. The number of hydrogen-bond acceptors (Lipinski definition) is 5. The van der Waals surface area contributed by atoms with Gasteiger partial charge in [0.25, 0.3) is 10.0 Å². The summed E-state index contributed by atoms with van der Waals surface area (Å²) in [6.07, 6.45) is 4.94. The Hall–Kier alpha value is -3.27. The molecule has 4 rings (SSSR count). The van der Waals surface area contributed by atoms with Crippen molar-refractivity contribution in [3.05, 3.63) is 87.9 Å². The van der Waals surface area contributed by atoms with E-state index in [9.17, 15) is 18.0 Å². The minimum atomic E-state index is -4.24. The molecule has 11 heteroatoms. The fraction of sp³-hybridized carbons (Fsp3) is 0.394. The van der Waals surface area contributed by atoms with Gasteiger partial charge in [0, 0.05) is 28.2 Å². The van der Waals surface area contributed by atoms with Crippen LogP contribution in [-0.2, 0) is 26.2 Å². The Balaban J connectivity index is 1.75. The number of halogens is 2. The highest BCUT2D eigenvalue weighted by Gasteiger charge is 2.35. The molecule has 3 aromatic carbocycles. The zero-order valence-electron chi connectivity index (χ0n) is 25.3. The summed E-state index contributed by atoms with van der Waals surface area (Å²) in [5.74, 6) is -0.618. The molecule has 3 aromatic rings. The second kappa shape index (κ2) is 15.1. The molecule has 8 nitrogen and oxygen atoms in total. The van der Waals surface area contributed by atoms with E-state index in [4.69, 9.17) is 27.9 Å². The fourth-order valence-corrected chi connectivity index (χ4v) is 7.24. The molecule has 0 unspecified atom stereocenters. The highest BCUT2D eigenvalue weighted by atomic mass is 35.5. The van der Waals surface area contributed by atoms with E-state index in [1.54, 1.807) is 68.4 Å². The average molecular weight is 661 g/mol. The Labute approximate surface area is 270 Å². The lowest BCUT2D eigenvalue weighted by Crippen LogP contribution is -2.53. The molecule has 2 amide bonds. The van der Waals surface area contributed by atoms with Gasteiger partial charge in [0.1, 0.15) is 18.3 Å². The van der Waals surface area contributed by atoms with Crippen molar-refractivity contribution < 1.29 is 22.7 Å². The van der Waals surface area contributed by atoms with Gasteiger partial charge in [0.2, 0.25) is 11.8 Å². The topological polar surface area (TPSA) is 96.0 Å². The van der Waals surface area contributed by atoms with E-state index >= 15 is 0 Å². The van der Waals surface area contributed by atoms with Crippen LogP contribution in [0.15, 0.2) is 71.6 Å². The van der Waals surface area contributed by atoms with Crippen molar-refractivity contribution in [1.82, 2.24) is 10.2 Å². The molecule has 0 radical (unpaired) electrons. The minimum absolute atomic E-state index is 0.0194. The summed E-state index contributed by atoms with van der Waals surface area (Å²) >= 11 is 13.0. The van der Waals surface area contributed by atoms with Gasteiger partial charge in [-0.15, -0.1) is 0 Å². The van der Waals surface area contributed by atoms with Crippen molar-refractivity contribution in [3.8, 4) is 5.75 Å². The van der Waals surface area contributed by atoms with E-state index in [0.29, 0.717) is 28.0 Å². The summed E-state index contributed by atoms with van der Waals surface area (Å²) in [6, 6.07) is 17.2. The highest BCUT2D eigenvalue weighted by Crippen LogP contribution is 2.33. The van der Waals surface area contributed by atoms with E-state index in [2.05, 4.69) is 5.32 Å². The first-order valence-corrected chi connectivity index (χ1v) is 17.1. The van der Waals surface area contributed by atoms with E-state index < -0.39 is 28.5 Å². The van der Waals surface area contributed by atoms with Gasteiger partial charge < -0.3 is 15.0 Å². The van der Waals surface area contributed by atoms with Crippen LogP contribution in [0.1, 0.15) is 57.1 Å². The monoisotopic (exact) mass is 659 g/mol. The van der Waals surface area contributed by atoms with Crippen molar-refractivity contribution >= 4 is 50.7 Å². The summed E-state index contributed by atoms with van der Waals surface area (Å²) in [7, 11) is -4.24. The quantitative estimate of drug-likeness (QED) is 0.232. The zero-order chi connectivity index (χ0) is 31.9. The number of hydrogen-bond donors (Lipinski definition) is 1. The van der Waals surface area contributed by atoms with Crippen LogP contribution in [0.2, 0.25) is 10.0 Å². The van der Waals surface area contributed by atoms with Gasteiger partial charge in [0.05, 0.1) is 17.2 Å². The Morgan fingerprint density at radius 3 is 2.23 bits per heavy atom. The van der Waals surface area contributed by atoms with Crippen LogP contribution >= 0.6 is 23.2 Å². The molecule has 44 heavy (non-hydrogen) atoms. The Bertz CT molecular complexity index is 1540. The first kappa shape index (κ1) is 33.6. The number of carbonyl (C=O) groups is 2. The van der Waals surface area contributed by atoms with E-state index in [1.165, 1.54) is 17.0 Å². The molecule has 0 spiro atoms. The number of rotatable bonds is 12. The van der Waals surface area contributed by atoms with Crippen molar-refractivity contribution in [2.24, 2.45) is 0 Å². The van der Waals surface area contributed by atoms with Crippen molar-refractivity contribution in [2.75, 3.05) is 17.5 Å². The molecule has 236 valence electrons. The molecule has 1 atom stereocenters. The van der Waals surface area contributed by atoms with Crippen LogP contribution in [0.3, 0.4) is 0 Å². The Morgan fingerprint density at radius 2 is 1.59 bits per heavy atom. The van der Waals surface area contributed by atoms with Gasteiger partial charge in [-0.3, -0.25) is 13.9 Å². The summed E-state index contributed by atoms with van der Waals surface area (Å²) in [6.45, 7) is 4.89. The highest BCUT2D eigenvalue weighted by molar-refractivity contribution is 7.92. The molecule has 0 saturated heterocycles.